The van der Waals surface area contributed by atoms with Gasteiger partial charge in [0.05, 0.1) is 0 Å². The highest BCUT2D eigenvalue weighted by molar-refractivity contribution is 4.80. The fourth-order valence-electron chi connectivity index (χ4n) is 2.05. The number of nitrogens with zero attached hydrogens (tertiary/aromatic N) is 1. The molecule has 5 heteroatoms. The predicted octanol–water partition coefficient (Wildman–Crippen LogP) is 2.40. The van der Waals surface area contributed by atoms with E-state index in [0.717, 1.165) is 32.5 Å². The molecule has 0 aromatic carbocycles. The van der Waals surface area contributed by atoms with Gasteiger partial charge in [0.2, 0.25) is 0 Å². The van der Waals surface area contributed by atoms with E-state index in [4.69, 9.17) is 0 Å². The second-order valence-electron chi connectivity index (χ2n) is 4.46. The Hall–Kier alpha value is -0.290. The molecule has 1 heterocycles. The molecule has 0 aliphatic carbocycles. The lowest BCUT2D eigenvalue weighted by Crippen LogP contribution is -2.33. The van der Waals surface area contributed by atoms with Crippen molar-refractivity contribution < 1.29 is 13.2 Å². The average molecular weight is 238 g/mol. The Morgan fingerprint density at radius 2 is 2.12 bits per heavy atom. The highest BCUT2D eigenvalue weighted by Crippen LogP contribution is 2.22. The molecule has 0 amide bonds. The predicted molar refractivity (Wildman–Crippen MR) is 58.4 cm³/mol. The fraction of sp³-hybridized carbons (Fsp3) is 1.00. The number of nitrogens with one attached hydrogen (secondary N) is 1. The molecule has 1 rings (SSSR count). The molecule has 0 aromatic rings. The number of likely N-dealkylation sites (tertiary alicyclic amines) is 1. The molecular formula is C11H21F3N2. The SMILES string of the molecule is CCCNC1CCN(CCCC(F)(F)F)C1. The van der Waals surface area contributed by atoms with Crippen molar-refractivity contribution in [1.29, 1.82) is 0 Å². The van der Waals surface area contributed by atoms with E-state index in [0.29, 0.717) is 12.6 Å². The zero-order chi connectivity index (χ0) is 12.0. The lowest BCUT2D eigenvalue weighted by molar-refractivity contribution is -0.136. The van der Waals surface area contributed by atoms with Crippen molar-refractivity contribution in [3.63, 3.8) is 0 Å². The van der Waals surface area contributed by atoms with E-state index >= 15 is 0 Å². The summed E-state index contributed by atoms with van der Waals surface area (Å²) in [6.45, 7) is 5.52. The first-order chi connectivity index (χ1) is 7.51. The lowest BCUT2D eigenvalue weighted by Gasteiger charge is -2.16. The maximum Gasteiger partial charge on any atom is 0.389 e. The van der Waals surface area contributed by atoms with Gasteiger partial charge in [-0.3, -0.25) is 0 Å². The third-order valence-corrected chi connectivity index (χ3v) is 2.89. The molecule has 1 aliphatic rings. The van der Waals surface area contributed by atoms with Gasteiger partial charge in [0, 0.05) is 19.0 Å². The van der Waals surface area contributed by atoms with Crippen LogP contribution >= 0.6 is 0 Å². The third-order valence-electron chi connectivity index (χ3n) is 2.89. The Balaban J connectivity index is 2.07. The zero-order valence-corrected chi connectivity index (χ0v) is 9.82. The molecular weight excluding hydrogens is 217 g/mol. The molecule has 16 heavy (non-hydrogen) atoms. The molecule has 1 saturated heterocycles. The van der Waals surface area contributed by atoms with E-state index in [1.54, 1.807) is 0 Å². The standard InChI is InChI=1S/C11H21F3N2/c1-2-6-15-10-4-8-16(9-10)7-3-5-11(12,13)14/h10,15H,2-9H2,1H3. The Labute approximate surface area is 95.2 Å². The Kier molecular flexibility index (Phi) is 5.55. The summed E-state index contributed by atoms with van der Waals surface area (Å²) in [7, 11) is 0. The molecule has 1 N–H and O–H groups in total. The van der Waals surface area contributed by atoms with Crippen LogP contribution in [-0.2, 0) is 0 Å². The van der Waals surface area contributed by atoms with Crippen LogP contribution in [0.15, 0.2) is 0 Å². The number of hydrogen-bond acceptors (Lipinski definition) is 2. The first-order valence-electron chi connectivity index (χ1n) is 6.04. The molecule has 1 atom stereocenters. The summed E-state index contributed by atoms with van der Waals surface area (Å²) < 4.78 is 35.8. The van der Waals surface area contributed by atoms with Gasteiger partial charge in [0.25, 0.3) is 0 Å². The van der Waals surface area contributed by atoms with E-state index < -0.39 is 12.6 Å². The fourth-order valence-corrected chi connectivity index (χ4v) is 2.05. The highest BCUT2D eigenvalue weighted by Gasteiger charge is 2.27. The monoisotopic (exact) mass is 238 g/mol. The molecule has 96 valence electrons. The van der Waals surface area contributed by atoms with Crippen LogP contribution in [0, 0.1) is 0 Å². The minimum Gasteiger partial charge on any atom is -0.313 e. The third kappa shape index (κ3) is 5.70. The maximum absolute atomic E-state index is 11.9. The molecule has 0 saturated carbocycles. The lowest BCUT2D eigenvalue weighted by atomic mass is 10.2. The number of rotatable bonds is 6. The van der Waals surface area contributed by atoms with Crippen LogP contribution in [0.4, 0.5) is 13.2 Å². The molecule has 0 aromatic heterocycles. The summed E-state index contributed by atoms with van der Waals surface area (Å²) in [4.78, 5) is 2.12. The van der Waals surface area contributed by atoms with Crippen LogP contribution in [-0.4, -0.2) is 43.3 Å². The van der Waals surface area contributed by atoms with Crippen molar-refractivity contribution in [2.75, 3.05) is 26.2 Å². The van der Waals surface area contributed by atoms with Crippen molar-refractivity contribution in [1.82, 2.24) is 10.2 Å². The number of hydrogen-bond donors (Lipinski definition) is 1. The minimum atomic E-state index is -4.00. The largest absolute Gasteiger partial charge is 0.389 e. The molecule has 1 unspecified atom stereocenters. The van der Waals surface area contributed by atoms with Gasteiger partial charge < -0.3 is 10.2 Å². The Bertz CT molecular complexity index is 194. The van der Waals surface area contributed by atoms with E-state index in [-0.39, 0.29) is 6.42 Å². The summed E-state index contributed by atoms with van der Waals surface area (Å²) in [6.07, 6.45) is -2.27. The molecule has 0 bridgehead atoms. The molecule has 1 fully saturated rings. The summed E-state index contributed by atoms with van der Waals surface area (Å²) in [5.41, 5.74) is 0. The quantitative estimate of drug-likeness (QED) is 0.764. The van der Waals surface area contributed by atoms with E-state index in [2.05, 4.69) is 17.1 Å². The smallest absolute Gasteiger partial charge is 0.313 e. The maximum atomic E-state index is 11.9. The van der Waals surface area contributed by atoms with Crippen molar-refractivity contribution in [2.24, 2.45) is 0 Å². The first-order valence-corrected chi connectivity index (χ1v) is 6.04. The van der Waals surface area contributed by atoms with Crippen LogP contribution in [0.25, 0.3) is 0 Å². The van der Waals surface area contributed by atoms with Gasteiger partial charge >= 0.3 is 6.18 Å². The van der Waals surface area contributed by atoms with Gasteiger partial charge in [-0.25, -0.2) is 0 Å². The van der Waals surface area contributed by atoms with Crippen LogP contribution in [0.3, 0.4) is 0 Å². The first kappa shape index (κ1) is 13.8. The molecule has 2 nitrogen and oxygen atoms in total. The van der Waals surface area contributed by atoms with Gasteiger partial charge in [0.1, 0.15) is 0 Å². The number of alkyl halides is 3. The van der Waals surface area contributed by atoms with Crippen LogP contribution in [0.5, 0.6) is 0 Å². The molecule has 0 radical (unpaired) electrons. The van der Waals surface area contributed by atoms with Gasteiger partial charge in [-0.15, -0.1) is 0 Å². The van der Waals surface area contributed by atoms with Gasteiger partial charge in [-0.1, -0.05) is 6.92 Å². The van der Waals surface area contributed by atoms with Crippen molar-refractivity contribution in [2.45, 2.75) is 44.8 Å². The molecule has 0 spiro atoms. The van der Waals surface area contributed by atoms with Gasteiger partial charge in [-0.2, -0.15) is 13.2 Å². The zero-order valence-electron chi connectivity index (χ0n) is 9.82. The summed E-state index contributed by atoms with van der Waals surface area (Å²) in [5.74, 6) is 0. The second kappa shape index (κ2) is 6.45. The van der Waals surface area contributed by atoms with Crippen LogP contribution in [0.1, 0.15) is 32.6 Å². The Morgan fingerprint density at radius 1 is 1.38 bits per heavy atom. The van der Waals surface area contributed by atoms with E-state index in [1.165, 1.54) is 0 Å². The van der Waals surface area contributed by atoms with Crippen molar-refractivity contribution in [3.8, 4) is 0 Å². The summed E-state index contributed by atoms with van der Waals surface area (Å²) in [6, 6.07) is 0.478. The average Bonchev–Trinajstić information content (AvgIpc) is 2.61. The van der Waals surface area contributed by atoms with Crippen LogP contribution in [0.2, 0.25) is 0 Å². The Morgan fingerprint density at radius 3 is 2.75 bits per heavy atom. The highest BCUT2D eigenvalue weighted by atomic mass is 19.4. The summed E-state index contributed by atoms with van der Waals surface area (Å²) in [5, 5.41) is 3.40. The van der Waals surface area contributed by atoms with Crippen LogP contribution < -0.4 is 5.32 Å². The summed E-state index contributed by atoms with van der Waals surface area (Å²) >= 11 is 0. The number of halogens is 3. The normalized spacial score (nSPS) is 22.9. The second-order valence-corrected chi connectivity index (χ2v) is 4.46. The van der Waals surface area contributed by atoms with E-state index in [1.807, 2.05) is 0 Å². The van der Waals surface area contributed by atoms with E-state index in [9.17, 15) is 13.2 Å². The van der Waals surface area contributed by atoms with Crippen molar-refractivity contribution >= 4 is 0 Å². The van der Waals surface area contributed by atoms with Gasteiger partial charge in [-0.05, 0) is 38.9 Å². The minimum absolute atomic E-state index is 0.226. The van der Waals surface area contributed by atoms with Crippen molar-refractivity contribution in [3.05, 3.63) is 0 Å². The molecule has 1 aliphatic heterocycles. The topological polar surface area (TPSA) is 15.3 Å². The van der Waals surface area contributed by atoms with Gasteiger partial charge in [0.15, 0.2) is 0 Å².